The number of hydrogen-bond acceptors (Lipinski definition) is 9. The summed E-state index contributed by atoms with van der Waals surface area (Å²) >= 11 is 0. The van der Waals surface area contributed by atoms with Crippen molar-refractivity contribution in [2.45, 2.75) is 43.0 Å². The standard InChI is InChI=1S/C23H28N6O7S/c30-21(25-14-18(22(31)32)29-37(33,34)15-7-2-1-3-8-15)19-13-20(28-36-19)35-12-6-11-24-23-26-16-9-4-5-10-17(16)27-23/h1-3,7-8,13,18,29H,4-6,9-12,14H2,(H,25,30)(H,31,32)(H2,24,26,27). The third-order valence-corrected chi connectivity index (χ3v) is 7.13. The lowest BCUT2D eigenvalue weighted by Gasteiger charge is -2.15. The van der Waals surface area contributed by atoms with Crippen LogP contribution < -0.4 is 20.1 Å². The summed E-state index contributed by atoms with van der Waals surface area (Å²) < 4.78 is 37.3. The molecule has 0 aliphatic heterocycles. The molecule has 1 amide bonds. The van der Waals surface area contributed by atoms with Crippen molar-refractivity contribution in [1.29, 1.82) is 0 Å². The smallest absolute Gasteiger partial charge is 0.323 e. The van der Waals surface area contributed by atoms with Crippen LogP contribution in [0.2, 0.25) is 0 Å². The van der Waals surface area contributed by atoms with Crippen LogP contribution in [0.15, 0.2) is 45.8 Å². The molecule has 1 unspecified atom stereocenters. The summed E-state index contributed by atoms with van der Waals surface area (Å²) in [5.74, 6) is -1.58. The number of hydrogen-bond donors (Lipinski definition) is 5. The maximum Gasteiger partial charge on any atom is 0.323 e. The second kappa shape index (κ2) is 11.9. The van der Waals surface area contributed by atoms with Gasteiger partial charge < -0.3 is 30.0 Å². The number of carboxylic acids is 1. The van der Waals surface area contributed by atoms with Gasteiger partial charge >= 0.3 is 5.97 Å². The molecule has 37 heavy (non-hydrogen) atoms. The summed E-state index contributed by atoms with van der Waals surface area (Å²) in [7, 11) is -4.10. The number of aliphatic carboxylic acids is 1. The second-order valence-electron chi connectivity index (χ2n) is 8.41. The summed E-state index contributed by atoms with van der Waals surface area (Å²) in [5, 5.41) is 18.6. The molecule has 1 atom stereocenters. The number of aromatic amines is 1. The number of amides is 1. The molecule has 3 aromatic rings. The number of carboxylic acid groups (broad SMARTS) is 1. The van der Waals surface area contributed by atoms with Crippen LogP contribution in [-0.4, -0.2) is 66.3 Å². The lowest BCUT2D eigenvalue weighted by molar-refractivity contribution is -0.138. The number of carbonyl (C=O) groups is 2. The largest absolute Gasteiger partial charge is 0.480 e. The van der Waals surface area contributed by atoms with E-state index in [0.29, 0.717) is 19.6 Å². The van der Waals surface area contributed by atoms with E-state index in [4.69, 9.17) is 9.26 Å². The topological polar surface area (TPSA) is 189 Å². The van der Waals surface area contributed by atoms with Crippen LogP contribution in [0.5, 0.6) is 5.88 Å². The van der Waals surface area contributed by atoms with Crippen LogP contribution in [0.25, 0.3) is 0 Å². The Kier molecular flexibility index (Phi) is 8.40. The molecule has 0 spiro atoms. The maximum absolute atomic E-state index is 12.4. The van der Waals surface area contributed by atoms with Crippen molar-refractivity contribution < 1.29 is 32.4 Å². The first-order chi connectivity index (χ1) is 17.8. The minimum atomic E-state index is -4.10. The number of nitrogens with zero attached hydrogens (tertiary/aromatic N) is 2. The highest BCUT2D eigenvalue weighted by atomic mass is 32.2. The normalized spacial score (nSPS) is 13.9. The monoisotopic (exact) mass is 532 g/mol. The zero-order valence-electron chi connectivity index (χ0n) is 19.9. The first kappa shape index (κ1) is 26.2. The van der Waals surface area contributed by atoms with Crippen LogP contribution >= 0.6 is 0 Å². The van der Waals surface area contributed by atoms with Gasteiger partial charge in [-0.3, -0.25) is 9.59 Å². The molecular weight excluding hydrogens is 504 g/mol. The average molecular weight is 533 g/mol. The van der Waals surface area contributed by atoms with Gasteiger partial charge in [0, 0.05) is 18.8 Å². The van der Waals surface area contributed by atoms with Gasteiger partial charge in [0.25, 0.3) is 11.8 Å². The van der Waals surface area contributed by atoms with E-state index in [2.05, 4.69) is 30.5 Å². The Morgan fingerprint density at radius 1 is 1.19 bits per heavy atom. The Bertz CT molecular complexity index is 1300. The van der Waals surface area contributed by atoms with Crippen LogP contribution in [0.1, 0.15) is 41.2 Å². The number of benzene rings is 1. The van der Waals surface area contributed by atoms with Gasteiger partial charge in [-0.1, -0.05) is 18.2 Å². The lowest BCUT2D eigenvalue weighted by Crippen LogP contribution is -2.48. The minimum absolute atomic E-state index is 0.0944. The van der Waals surface area contributed by atoms with E-state index < -0.39 is 34.5 Å². The fourth-order valence-electron chi connectivity index (χ4n) is 3.74. The van der Waals surface area contributed by atoms with E-state index in [-0.39, 0.29) is 16.5 Å². The molecule has 198 valence electrons. The Morgan fingerprint density at radius 3 is 2.73 bits per heavy atom. The fraction of sp³-hybridized carbons (Fsp3) is 0.391. The number of imidazole rings is 1. The van der Waals surface area contributed by atoms with Crippen LogP contribution in [-0.2, 0) is 27.7 Å². The number of anilines is 1. The molecule has 1 aliphatic rings. The minimum Gasteiger partial charge on any atom is -0.480 e. The molecule has 1 aromatic carbocycles. The lowest BCUT2D eigenvalue weighted by atomic mass is 10.0. The molecule has 14 heteroatoms. The Morgan fingerprint density at radius 2 is 1.97 bits per heavy atom. The molecule has 13 nitrogen and oxygen atoms in total. The number of sulfonamides is 1. The Labute approximate surface area is 213 Å². The van der Waals surface area contributed by atoms with Gasteiger partial charge in [-0.15, -0.1) is 0 Å². The number of nitrogens with one attached hydrogen (secondary N) is 4. The summed E-state index contributed by atoms with van der Waals surface area (Å²) in [6.45, 7) is 0.412. The van der Waals surface area contributed by atoms with E-state index >= 15 is 0 Å². The second-order valence-corrected chi connectivity index (χ2v) is 10.1. The third-order valence-electron chi connectivity index (χ3n) is 5.65. The van der Waals surface area contributed by atoms with Gasteiger partial charge in [-0.05, 0) is 49.4 Å². The SMILES string of the molecule is O=C(NCC(NS(=O)(=O)c1ccccc1)C(=O)O)c1cc(OCCCNc2nc3c([nH]2)CCCC3)no1. The van der Waals surface area contributed by atoms with Gasteiger partial charge in [0.15, 0.2) is 0 Å². The number of ether oxygens (including phenoxy) is 1. The van der Waals surface area contributed by atoms with Crippen molar-refractivity contribution in [3.8, 4) is 5.88 Å². The van der Waals surface area contributed by atoms with Crippen LogP contribution in [0.3, 0.4) is 0 Å². The fourth-order valence-corrected chi connectivity index (χ4v) is 4.95. The van der Waals surface area contributed by atoms with Gasteiger partial charge in [-0.2, -0.15) is 4.72 Å². The van der Waals surface area contributed by atoms with Crippen molar-refractivity contribution in [1.82, 2.24) is 25.2 Å². The van der Waals surface area contributed by atoms with Gasteiger partial charge in [0.05, 0.1) is 23.3 Å². The number of fused-ring (bicyclic) bond motifs is 1. The molecule has 4 rings (SSSR count). The van der Waals surface area contributed by atoms with Gasteiger partial charge in [-0.25, -0.2) is 13.4 Å². The molecule has 0 saturated heterocycles. The number of rotatable bonds is 13. The number of aromatic nitrogens is 3. The first-order valence-corrected chi connectivity index (χ1v) is 13.3. The molecule has 0 bridgehead atoms. The third kappa shape index (κ3) is 7.07. The number of carbonyl (C=O) groups excluding carboxylic acids is 1. The summed E-state index contributed by atoms with van der Waals surface area (Å²) in [6, 6.07) is 6.99. The zero-order valence-corrected chi connectivity index (χ0v) is 20.7. The molecule has 0 saturated carbocycles. The van der Waals surface area contributed by atoms with Crippen molar-refractivity contribution in [3.05, 3.63) is 53.5 Å². The van der Waals surface area contributed by atoms with Crippen molar-refractivity contribution in [3.63, 3.8) is 0 Å². The van der Waals surface area contributed by atoms with E-state index in [1.165, 1.54) is 42.4 Å². The number of H-pyrrole nitrogens is 1. The van der Waals surface area contributed by atoms with Crippen molar-refractivity contribution in [2.75, 3.05) is 25.0 Å². The first-order valence-electron chi connectivity index (χ1n) is 11.8. The van der Waals surface area contributed by atoms with Crippen molar-refractivity contribution in [2.24, 2.45) is 0 Å². The molecule has 5 N–H and O–H groups in total. The van der Waals surface area contributed by atoms with Crippen molar-refractivity contribution >= 4 is 27.8 Å². The summed E-state index contributed by atoms with van der Waals surface area (Å²) in [5.41, 5.74) is 2.32. The van der Waals surface area contributed by atoms with E-state index in [0.717, 1.165) is 30.9 Å². The average Bonchev–Trinajstić information content (AvgIpc) is 3.53. The quantitative estimate of drug-likeness (QED) is 0.201. The predicted molar refractivity (Wildman–Crippen MR) is 131 cm³/mol. The Balaban J connectivity index is 1.20. The predicted octanol–water partition coefficient (Wildman–Crippen LogP) is 1.32. The molecule has 0 radical (unpaired) electrons. The molecule has 2 heterocycles. The molecule has 1 aliphatic carbocycles. The zero-order chi connectivity index (χ0) is 26.3. The summed E-state index contributed by atoms with van der Waals surface area (Å²) in [6.07, 6.45) is 5.00. The Hall–Kier alpha value is -3.91. The van der Waals surface area contributed by atoms with E-state index in [9.17, 15) is 23.1 Å². The van der Waals surface area contributed by atoms with E-state index in [1.807, 2.05) is 0 Å². The van der Waals surface area contributed by atoms with Gasteiger partial charge in [0.2, 0.25) is 21.7 Å². The van der Waals surface area contributed by atoms with Crippen LogP contribution in [0, 0.1) is 0 Å². The highest BCUT2D eigenvalue weighted by molar-refractivity contribution is 7.89. The highest BCUT2D eigenvalue weighted by Gasteiger charge is 2.26. The highest BCUT2D eigenvalue weighted by Crippen LogP contribution is 2.20. The molecular formula is C23H28N6O7S. The molecule has 2 aromatic heterocycles. The van der Waals surface area contributed by atoms with Crippen LogP contribution in [0.4, 0.5) is 5.95 Å². The van der Waals surface area contributed by atoms with E-state index in [1.54, 1.807) is 6.07 Å². The van der Waals surface area contributed by atoms with Gasteiger partial charge in [0.1, 0.15) is 6.04 Å². The molecule has 0 fully saturated rings. The maximum atomic E-state index is 12.4. The number of aryl methyl sites for hydroxylation is 2. The summed E-state index contributed by atoms with van der Waals surface area (Å²) in [4.78, 5) is 31.6.